The first-order valence-electron chi connectivity index (χ1n) is 7.03. The zero-order valence-corrected chi connectivity index (χ0v) is 14.2. The van der Waals surface area contributed by atoms with Gasteiger partial charge < -0.3 is 9.67 Å². The van der Waals surface area contributed by atoms with E-state index in [1.54, 1.807) is 0 Å². The maximum Gasteiger partial charge on any atom is 0.313 e. The molecule has 1 aliphatic rings. The lowest BCUT2D eigenvalue weighted by atomic mass is 10.0. The molecule has 1 heterocycles. The average Bonchev–Trinajstić information content (AvgIpc) is 3.14. The van der Waals surface area contributed by atoms with E-state index < -0.39 is 5.97 Å². The van der Waals surface area contributed by atoms with Crippen LogP contribution in [0.3, 0.4) is 0 Å². The molecule has 2 aromatic rings. The molecule has 1 aromatic carbocycles. The lowest BCUT2D eigenvalue weighted by Crippen LogP contribution is -2.12. The standard InChI is InChI=1S/C15H17BrN2O2S/c1-2-15(5-6-15)9-18-12-4-3-10(16)7-11(12)17-14(18)21-8-13(19)20/h3-4,7H,2,5-6,8-9H2,1H3,(H,19,20). The van der Waals surface area contributed by atoms with Gasteiger partial charge in [-0.2, -0.15) is 0 Å². The van der Waals surface area contributed by atoms with Crippen molar-refractivity contribution >= 4 is 44.7 Å². The predicted octanol–water partition coefficient (Wildman–Crippen LogP) is 4.17. The fraction of sp³-hybridized carbons (Fsp3) is 0.467. The number of carboxylic acid groups (broad SMARTS) is 1. The van der Waals surface area contributed by atoms with Gasteiger partial charge in [0.05, 0.1) is 16.8 Å². The number of aliphatic carboxylic acids is 1. The van der Waals surface area contributed by atoms with E-state index in [0.717, 1.165) is 33.6 Å². The maximum absolute atomic E-state index is 10.8. The number of rotatable bonds is 6. The Morgan fingerprint density at radius 1 is 1.52 bits per heavy atom. The molecule has 0 spiro atoms. The van der Waals surface area contributed by atoms with Gasteiger partial charge in [0, 0.05) is 11.0 Å². The Hall–Kier alpha value is -1.01. The minimum Gasteiger partial charge on any atom is -0.481 e. The predicted molar refractivity (Wildman–Crippen MR) is 87.8 cm³/mol. The summed E-state index contributed by atoms with van der Waals surface area (Å²) in [5.74, 6) is -0.764. The lowest BCUT2D eigenvalue weighted by Gasteiger charge is -2.16. The van der Waals surface area contributed by atoms with Gasteiger partial charge in [-0.25, -0.2) is 4.98 Å². The van der Waals surface area contributed by atoms with Crippen LogP contribution in [0.15, 0.2) is 27.8 Å². The number of thioether (sulfide) groups is 1. The number of hydrogen-bond acceptors (Lipinski definition) is 3. The van der Waals surface area contributed by atoms with Crippen LogP contribution in [-0.4, -0.2) is 26.4 Å². The van der Waals surface area contributed by atoms with Gasteiger partial charge in [0.2, 0.25) is 0 Å². The summed E-state index contributed by atoms with van der Waals surface area (Å²) in [4.78, 5) is 15.5. The topological polar surface area (TPSA) is 55.1 Å². The van der Waals surface area contributed by atoms with Crippen molar-refractivity contribution in [2.45, 2.75) is 37.9 Å². The van der Waals surface area contributed by atoms with Gasteiger partial charge in [-0.15, -0.1) is 0 Å². The van der Waals surface area contributed by atoms with Gasteiger partial charge in [0.1, 0.15) is 0 Å². The molecule has 1 aromatic heterocycles. The van der Waals surface area contributed by atoms with Crippen LogP contribution in [0.4, 0.5) is 0 Å². The number of nitrogens with zero attached hydrogens (tertiary/aromatic N) is 2. The van der Waals surface area contributed by atoms with Crippen LogP contribution in [0.25, 0.3) is 11.0 Å². The van der Waals surface area contributed by atoms with Crippen LogP contribution < -0.4 is 0 Å². The van der Waals surface area contributed by atoms with Gasteiger partial charge >= 0.3 is 5.97 Å². The highest BCUT2D eigenvalue weighted by molar-refractivity contribution is 9.10. The quantitative estimate of drug-likeness (QED) is 0.777. The van der Waals surface area contributed by atoms with Crippen molar-refractivity contribution in [1.29, 1.82) is 0 Å². The van der Waals surface area contributed by atoms with Crippen molar-refractivity contribution in [2.75, 3.05) is 5.75 Å². The molecule has 0 bridgehead atoms. The first-order valence-corrected chi connectivity index (χ1v) is 8.81. The first-order chi connectivity index (χ1) is 10.0. The Morgan fingerprint density at radius 3 is 2.90 bits per heavy atom. The molecule has 0 amide bonds. The zero-order valence-electron chi connectivity index (χ0n) is 11.8. The molecule has 1 saturated carbocycles. The van der Waals surface area contributed by atoms with Crippen LogP contribution in [0, 0.1) is 5.41 Å². The Balaban J connectivity index is 2.00. The Labute approximate surface area is 136 Å². The lowest BCUT2D eigenvalue weighted by molar-refractivity contribution is -0.133. The van der Waals surface area contributed by atoms with Crippen LogP contribution in [-0.2, 0) is 11.3 Å². The van der Waals surface area contributed by atoms with Crippen molar-refractivity contribution in [3.63, 3.8) is 0 Å². The Bertz CT molecular complexity index is 694. The summed E-state index contributed by atoms with van der Waals surface area (Å²) >= 11 is 4.77. The molecule has 112 valence electrons. The molecule has 0 aliphatic heterocycles. The molecular weight excluding hydrogens is 352 g/mol. The molecule has 3 rings (SSSR count). The van der Waals surface area contributed by atoms with Gasteiger partial charge in [0.25, 0.3) is 0 Å². The molecule has 1 fully saturated rings. The molecule has 1 aliphatic carbocycles. The van der Waals surface area contributed by atoms with E-state index in [4.69, 9.17) is 5.11 Å². The Morgan fingerprint density at radius 2 is 2.29 bits per heavy atom. The number of fused-ring (bicyclic) bond motifs is 1. The number of halogens is 1. The first kappa shape index (κ1) is 14.9. The molecule has 6 heteroatoms. The summed E-state index contributed by atoms with van der Waals surface area (Å²) in [5.41, 5.74) is 2.40. The third-order valence-electron chi connectivity index (χ3n) is 4.20. The average molecular weight is 369 g/mol. The summed E-state index contributed by atoms with van der Waals surface area (Å²) in [6.07, 6.45) is 3.66. The van der Waals surface area contributed by atoms with Crippen LogP contribution >= 0.6 is 27.7 Å². The molecular formula is C15H17BrN2O2S. The van der Waals surface area contributed by atoms with E-state index in [9.17, 15) is 4.79 Å². The molecule has 1 N–H and O–H groups in total. The number of carbonyl (C=O) groups is 1. The SMILES string of the molecule is CCC1(Cn2c(SCC(=O)O)nc3cc(Br)ccc32)CC1. The van der Waals surface area contributed by atoms with Gasteiger partial charge in [0.15, 0.2) is 5.16 Å². The minimum atomic E-state index is -0.809. The monoisotopic (exact) mass is 368 g/mol. The molecule has 21 heavy (non-hydrogen) atoms. The smallest absolute Gasteiger partial charge is 0.313 e. The fourth-order valence-electron chi connectivity index (χ4n) is 2.61. The second-order valence-corrected chi connectivity index (χ2v) is 7.51. The zero-order chi connectivity index (χ0) is 15.0. The Kier molecular flexibility index (Phi) is 4.01. The maximum atomic E-state index is 10.8. The van der Waals surface area contributed by atoms with E-state index in [-0.39, 0.29) is 5.75 Å². The van der Waals surface area contributed by atoms with Crippen LogP contribution in [0.2, 0.25) is 0 Å². The molecule has 0 saturated heterocycles. The second kappa shape index (κ2) is 5.65. The van der Waals surface area contributed by atoms with Gasteiger partial charge in [-0.05, 0) is 42.9 Å². The van der Waals surface area contributed by atoms with Crippen molar-refractivity contribution in [3.05, 3.63) is 22.7 Å². The van der Waals surface area contributed by atoms with Crippen molar-refractivity contribution in [3.8, 4) is 0 Å². The highest BCUT2D eigenvalue weighted by atomic mass is 79.9. The fourth-order valence-corrected chi connectivity index (χ4v) is 3.69. The van der Waals surface area contributed by atoms with Crippen molar-refractivity contribution < 1.29 is 9.90 Å². The van der Waals surface area contributed by atoms with Gasteiger partial charge in [-0.1, -0.05) is 34.6 Å². The van der Waals surface area contributed by atoms with Crippen LogP contribution in [0.5, 0.6) is 0 Å². The van der Waals surface area contributed by atoms with E-state index in [2.05, 4.69) is 38.5 Å². The van der Waals surface area contributed by atoms with E-state index in [1.165, 1.54) is 24.6 Å². The number of benzene rings is 1. The number of carboxylic acids is 1. The van der Waals surface area contributed by atoms with E-state index >= 15 is 0 Å². The minimum absolute atomic E-state index is 0.0453. The van der Waals surface area contributed by atoms with Gasteiger partial charge in [-0.3, -0.25) is 4.79 Å². The third-order valence-corrected chi connectivity index (χ3v) is 5.66. The largest absolute Gasteiger partial charge is 0.481 e. The summed E-state index contributed by atoms with van der Waals surface area (Å²) in [6, 6.07) is 6.06. The van der Waals surface area contributed by atoms with E-state index in [1.807, 2.05) is 12.1 Å². The van der Waals surface area contributed by atoms with E-state index in [0.29, 0.717) is 5.41 Å². The summed E-state index contributed by atoms with van der Waals surface area (Å²) in [7, 11) is 0. The van der Waals surface area contributed by atoms with Crippen molar-refractivity contribution in [1.82, 2.24) is 9.55 Å². The molecule has 0 radical (unpaired) electrons. The summed E-state index contributed by atoms with van der Waals surface area (Å²) in [6.45, 7) is 3.16. The second-order valence-electron chi connectivity index (χ2n) is 5.65. The highest BCUT2D eigenvalue weighted by Crippen LogP contribution is 2.50. The summed E-state index contributed by atoms with van der Waals surface area (Å²) in [5, 5.41) is 9.72. The molecule has 4 nitrogen and oxygen atoms in total. The van der Waals surface area contributed by atoms with Crippen LogP contribution in [0.1, 0.15) is 26.2 Å². The summed E-state index contributed by atoms with van der Waals surface area (Å²) < 4.78 is 3.19. The number of aromatic nitrogens is 2. The van der Waals surface area contributed by atoms with Crippen molar-refractivity contribution in [2.24, 2.45) is 5.41 Å². The molecule has 0 unspecified atom stereocenters. The number of imidazole rings is 1. The third kappa shape index (κ3) is 3.11. The number of hydrogen-bond donors (Lipinski definition) is 1. The highest BCUT2D eigenvalue weighted by Gasteiger charge is 2.41. The molecule has 0 atom stereocenters. The normalized spacial score (nSPS) is 16.3.